The zero-order valence-corrected chi connectivity index (χ0v) is 16.8. The van der Waals surface area contributed by atoms with Crippen LogP contribution >= 0.6 is 11.6 Å². The molecule has 0 amide bonds. The molecule has 1 saturated carbocycles. The highest BCUT2D eigenvalue weighted by molar-refractivity contribution is 6.30. The van der Waals surface area contributed by atoms with E-state index in [9.17, 15) is 0 Å². The average Bonchev–Trinajstić information content (AvgIpc) is 3.04. The van der Waals surface area contributed by atoms with E-state index in [4.69, 9.17) is 16.6 Å². The molecule has 2 aromatic heterocycles. The van der Waals surface area contributed by atoms with Crippen LogP contribution in [0.5, 0.6) is 0 Å². The summed E-state index contributed by atoms with van der Waals surface area (Å²) < 4.78 is 2.33. The maximum absolute atomic E-state index is 6.13. The second-order valence-electron chi connectivity index (χ2n) is 7.88. The minimum absolute atomic E-state index is 0.575. The molecule has 1 aliphatic carbocycles. The lowest BCUT2D eigenvalue weighted by atomic mass is 9.90. The van der Waals surface area contributed by atoms with E-state index in [-0.39, 0.29) is 0 Å². The van der Waals surface area contributed by atoms with Gasteiger partial charge < -0.3 is 4.40 Å². The van der Waals surface area contributed by atoms with E-state index >= 15 is 0 Å². The SMILES string of the molecule is Clc1ccc(-c2nc3ccccn3c2C2CCCCCCCCCC2)cc1. The van der Waals surface area contributed by atoms with Crippen LogP contribution in [0.15, 0.2) is 48.7 Å². The number of halogens is 1. The third kappa shape index (κ3) is 4.38. The molecule has 1 fully saturated rings. The predicted octanol–water partition coefficient (Wildman–Crippen LogP) is 7.65. The summed E-state index contributed by atoms with van der Waals surface area (Å²) in [6.45, 7) is 0. The van der Waals surface area contributed by atoms with Crippen molar-refractivity contribution in [3.8, 4) is 11.3 Å². The van der Waals surface area contributed by atoms with Gasteiger partial charge in [0, 0.05) is 22.7 Å². The molecule has 142 valence electrons. The molecule has 2 heterocycles. The van der Waals surface area contributed by atoms with Crippen LogP contribution in [0.4, 0.5) is 0 Å². The van der Waals surface area contributed by atoms with Crippen molar-refractivity contribution in [2.75, 3.05) is 0 Å². The van der Waals surface area contributed by atoms with Gasteiger partial charge in [0.25, 0.3) is 0 Å². The predicted molar refractivity (Wildman–Crippen MR) is 115 cm³/mol. The Labute approximate surface area is 167 Å². The summed E-state index contributed by atoms with van der Waals surface area (Å²) in [5.74, 6) is 0.575. The monoisotopic (exact) mass is 380 g/mol. The molecule has 0 unspecified atom stereocenters. The lowest BCUT2D eigenvalue weighted by Gasteiger charge is -2.18. The quantitative estimate of drug-likeness (QED) is 0.446. The van der Waals surface area contributed by atoms with Crippen molar-refractivity contribution in [2.45, 2.75) is 70.1 Å². The zero-order valence-electron chi connectivity index (χ0n) is 16.0. The molecule has 0 radical (unpaired) electrons. The number of imidazole rings is 1. The molecule has 0 N–H and O–H groups in total. The van der Waals surface area contributed by atoms with E-state index in [1.54, 1.807) is 0 Å². The van der Waals surface area contributed by atoms with Crippen molar-refractivity contribution < 1.29 is 0 Å². The van der Waals surface area contributed by atoms with Gasteiger partial charge in [0.15, 0.2) is 0 Å². The molecule has 2 nitrogen and oxygen atoms in total. The number of hydrogen-bond acceptors (Lipinski definition) is 1. The van der Waals surface area contributed by atoms with Crippen LogP contribution in [0.25, 0.3) is 16.9 Å². The highest BCUT2D eigenvalue weighted by Gasteiger charge is 2.22. The molecule has 0 saturated heterocycles. The zero-order chi connectivity index (χ0) is 18.5. The molecule has 0 atom stereocenters. The second-order valence-corrected chi connectivity index (χ2v) is 8.32. The van der Waals surface area contributed by atoms with Gasteiger partial charge in [-0.05, 0) is 37.1 Å². The van der Waals surface area contributed by atoms with E-state index in [0.29, 0.717) is 5.92 Å². The Morgan fingerprint density at radius 2 is 1.41 bits per heavy atom. The van der Waals surface area contributed by atoms with Crippen LogP contribution in [-0.2, 0) is 0 Å². The first-order chi connectivity index (χ1) is 13.3. The van der Waals surface area contributed by atoms with Crippen molar-refractivity contribution in [1.82, 2.24) is 9.38 Å². The summed E-state index contributed by atoms with van der Waals surface area (Å²) in [6, 6.07) is 14.5. The van der Waals surface area contributed by atoms with E-state index in [2.05, 4.69) is 40.9 Å². The molecular weight excluding hydrogens is 352 g/mol. The van der Waals surface area contributed by atoms with Crippen LogP contribution in [-0.4, -0.2) is 9.38 Å². The lowest BCUT2D eigenvalue weighted by Crippen LogP contribution is -2.05. The molecule has 27 heavy (non-hydrogen) atoms. The standard InChI is InChI=1S/C24H29ClN2/c25-21-16-14-19(15-17-21)23-24(27-18-10-9-13-22(27)26-23)20-11-7-5-3-1-2-4-6-8-12-20/h9-10,13-18,20H,1-8,11-12H2. The van der Waals surface area contributed by atoms with Crippen LogP contribution < -0.4 is 0 Å². The van der Waals surface area contributed by atoms with Crippen molar-refractivity contribution in [3.05, 3.63) is 59.4 Å². The Balaban J connectivity index is 1.75. The number of aromatic nitrogens is 2. The van der Waals surface area contributed by atoms with Gasteiger partial charge in [-0.1, -0.05) is 81.2 Å². The minimum Gasteiger partial charge on any atom is -0.303 e. The van der Waals surface area contributed by atoms with Gasteiger partial charge in [0.05, 0.1) is 11.4 Å². The summed E-state index contributed by atoms with van der Waals surface area (Å²) in [5, 5.41) is 0.777. The normalized spacial score (nSPS) is 17.7. The van der Waals surface area contributed by atoms with Crippen molar-refractivity contribution in [1.29, 1.82) is 0 Å². The maximum atomic E-state index is 6.13. The molecule has 1 aromatic carbocycles. The third-order valence-corrected chi connectivity index (χ3v) is 6.18. The fourth-order valence-corrected chi connectivity index (χ4v) is 4.61. The van der Waals surface area contributed by atoms with E-state index < -0.39 is 0 Å². The molecule has 3 aromatic rings. The summed E-state index contributed by atoms with van der Waals surface area (Å²) >= 11 is 6.13. The first kappa shape index (κ1) is 18.6. The summed E-state index contributed by atoms with van der Waals surface area (Å²) in [7, 11) is 0. The van der Waals surface area contributed by atoms with Gasteiger partial charge in [-0.2, -0.15) is 0 Å². The molecular formula is C24H29ClN2. The first-order valence-corrected chi connectivity index (χ1v) is 10.9. The summed E-state index contributed by atoms with van der Waals surface area (Å²) in [4.78, 5) is 5.02. The van der Waals surface area contributed by atoms with Gasteiger partial charge in [0.2, 0.25) is 0 Å². The van der Waals surface area contributed by atoms with Gasteiger partial charge in [-0.25, -0.2) is 4.98 Å². The Hall–Kier alpha value is -1.80. The fraction of sp³-hybridized carbons (Fsp3) is 0.458. The van der Waals surface area contributed by atoms with Crippen LogP contribution in [0.2, 0.25) is 5.02 Å². The van der Waals surface area contributed by atoms with Crippen LogP contribution in [0.1, 0.15) is 75.8 Å². The molecule has 0 bridgehead atoms. The van der Waals surface area contributed by atoms with Gasteiger partial charge in [0.1, 0.15) is 5.65 Å². The minimum atomic E-state index is 0.575. The largest absolute Gasteiger partial charge is 0.303 e. The van der Waals surface area contributed by atoms with Gasteiger partial charge >= 0.3 is 0 Å². The lowest BCUT2D eigenvalue weighted by molar-refractivity contribution is 0.504. The highest BCUT2D eigenvalue weighted by Crippen LogP contribution is 2.37. The molecule has 3 heteroatoms. The number of rotatable bonds is 2. The number of hydrogen-bond donors (Lipinski definition) is 0. The molecule has 4 rings (SSSR count). The fourth-order valence-electron chi connectivity index (χ4n) is 4.48. The molecule has 1 aliphatic rings. The Bertz CT molecular complexity index is 854. The first-order valence-electron chi connectivity index (χ1n) is 10.6. The number of fused-ring (bicyclic) bond motifs is 1. The summed E-state index contributed by atoms with van der Waals surface area (Å²) in [5.41, 5.74) is 4.75. The smallest absolute Gasteiger partial charge is 0.137 e. The summed E-state index contributed by atoms with van der Waals surface area (Å²) in [6.07, 6.45) is 15.7. The Morgan fingerprint density at radius 1 is 0.778 bits per heavy atom. The third-order valence-electron chi connectivity index (χ3n) is 5.93. The van der Waals surface area contributed by atoms with E-state index in [1.807, 2.05) is 12.1 Å². The number of pyridine rings is 1. The van der Waals surface area contributed by atoms with Crippen LogP contribution in [0, 0.1) is 0 Å². The maximum Gasteiger partial charge on any atom is 0.137 e. The second kappa shape index (κ2) is 8.93. The highest BCUT2D eigenvalue weighted by atomic mass is 35.5. The Kier molecular flexibility index (Phi) is 6.14. The molecule has 0 aliphatic heterocycles. The van der Waals surface area contributed by atoms with E-state index in [0.717, 1.165) is 16.4 Å². The Morgan fingerprint density at radius 3 is 2.07 bits per heavy atom. The number of benzene rings is 1. The number of nitrogens with zero attached hydrogens (tertiary/aromatic N) is 2. The molecule has 0 spiro atoms. The van der Waals surface area contributed by atoms with Gasteiger partial charge in [-0.3, -0.25) is 0 Å². The topological polar surface area (TPSA) is 17.3 Å². The van der Waals surface area contributed by atoms with E-state index in [1.165, 1.54) is 75.5 Å². The average molecular weight is 381 g/mol. The van der Waals surface area contributed by atoms with Crippen LogP contribution in [0.3, 0.4) is 0 Å². The van der Waals surface area contributed by atoms with Gasteiger partial charge in [-0.15, -0.1) is 0 Å². The van der Waals surface area contributed by atoms with Crippen molar-refractivity contribution in [2.24, 2.45) is 0 Å². The van der Waals surface area contributed by atoms with Crippen molar-refractivity contribution >= 4 is 17.2 Å². The van der Waals surface area contributed by atoms with Crippen molar-refractivity contribution in [3.63, 3.8) is 0 Å².